The van der Waals surface area contributed by atoms with Gasteiger partial charge in [0.15, 0.2) is 0 Å². The Morgan fingerprint density at radius 3 is 2.32 bits per heavy atom. The fourth-order valence-electron chi connectivity index (χ4n) is 2.47. The molecule has 0 radical (unpaired) electrons. The molecule has 1 unspecified atom stereocenters. The van der Waals surface area contributed by atoms with Crippen LogP contribution in [-0.4, -0.2) is 13.1 Å². The molecule has 1 N–H and O–H groups in total. The zero-order valence-corrected chi connectivity index (χ0v) is 11.9. The van der Waals surface area contributed by atoms with Crippen molar-refractivity contribution < 1.29 is 0 Å². The zero-order chi connectivity index (χ0) is 13.5. The summed E-state index contributed by atoms with van der Waals surface area (Å²) >= 11 is 0. The Morgan fingerprint density at radius 2 is 1.63 bits per heavy atom. The highest BCUT2D eigenvalue weighted by molar-refractivity contribution is 5.25. The summed E-state index contributed by atoms with van der Waals surface area (Å²) in [4.78, 5) is 0. The molecule has 0 saturated carbocycles. The van der Waals surface area contributed by atoms with E-state index in [-0.39, 0.29) is 0 Å². The van der Waals surface area contributed by atoms with Crippen LogP contribution in [-0.2, 0) is 12.8 Å². The molecule has 0 bridgehead atoms. The Labute approximate surface area is 116 Å². The van der Waals surface area contributed by atoms with Gasteiger partial charge in [-0.1, -0.05) is 54.6 Å². The number of rotatable bonds is 6. The number of hydrogen-bond acceptors (Lipinski definition) is 1. The smallest absolute Gasteiger partial charge is 0.0108 e. The molecule has 0 aromatic heterocycles. The highest BCUT2D eigenvalue weighted by atomic mass is 14.9. The maximum absolute atomic E-state index is 3.44. The second kappa shape index (κ2) is 7.10. The summed E-state index contributed by atoms with van der Waals surface area (Å²) in [6, 6.07) is 19.9. The maximum Gasteiger partial charge on any atom is 0.0108 e. The van der Waals surface area contributed by atoms with Crippen LogP contribution in [0.3, 0.4) is 0 Å². The first kappa shape index (κ1) is 13.8. The second-order valence-electron chi connectivity index (χ2n) is 5.14. The van der Waals surface area contributed by atoms with Gasteiger partial charge in [0.25, 0.3) is 0 Å². The van der Waals surface area contributed by atoms with E-state index in [4.69, 9.17) is 0 Å². The Balaban J connectivity index is 1.91. The summed E-state index contributed by atoms with van der Waals surface area (Å²) < 4.78 is 0. The van der Waals surface area contributed by atoms with Crippen molar-refractivity contribution in [2.24, 2.45) is 0 Å². The Bertz CT molecular complexity index is 490. The van der Waals surface area contributed by atoms with Gasteiger partial charge < -0.3 is 5.32 Å². The van der Waals surface area contributed by atoms with Crippen molar-refractivity contribution in [3.05, 3.63) is 71.3 Å². The predicted octanol–water partition coefficient (Wildman–Crippen LogP) is 3.76. The summed E-state index contributed by atoms with van der Waals surface area (Å²) in [6.45, 7) is 2.20. The van der Waals surface area contributed by atoms with Crippen LogP contribution in [0.15, 0.2) is 54.6 Å². The van der Waals surface area contributed by atoms with E-state index < -0.39 is 0 Å². The van der Waals surface area contributed by atoms with E-state index in [1.54, 1.807) is 0 Å². The van der Waals surface area contributed by atoms with Gasteiger partial charge in [-0.25, -0.2) is 0 Å². The summed E-state index contributed by atoms with van der Waals surface area (Å²) in [5, 5.41) is 3.44. The highest BCUT2D eigenvalue weighted by Crippen LogP contribution is 2.13. The number of aryl methyl sites for hydroxylation is 2. The maximum atomic E-state index is 3.44. The number of nitrogens with one attached hydrogen (secondary N) is 1. The molecule has 0 aliphatic carbocycles. The van der Waals surface area contributed by atoms with E-state index >= 15 is 0 Å². The minimum absolute atomic E-state index is 0.544. The highest BCUT2D eigenvalue weighted by Gasteiger charge is 2.08. The van der Waals surface area contributed by atoms with Crippen molar-refractivity contribution in [2.75, 3.05) is 7.05 Å². The lowest BCUT2D eigenvalue weighted by atomic mass is 9.97. The van der Waals surface area contributed by atoms with Gasteiger partial charge in [0, 0.05) is 6.04 Å². The first-order valence-corrected chi connectivity index (χ1v) is 7.05. The summed E-state index contributed by atoms with van der Waals surface area (Å²) in [5.74, 6) is 0. The van der Waals surface area contributed by atoms with E-state index in [2.05, 4.69) is 73.9 Å². The monoisotopic (exact) mass is 253 g/mol. The van der Waals surface area contributed by atoms with E-state index in [1.807, 2.05) is 0 Å². The van der Waals surface area contributed by atoms with Crippen molar-refractivity contribution in [2.45, 2.75) is 32.2 Å². The van der Waals surface area contributed by atoms with Gasteiger partial charge in [-0.3, -0.25) is 0 Å². The molecule has 0 fully saturated rings. The lowest BCUT2D eigenvalue weighted by Crippen LogP contribution is -2.28. The number of hydrogen-bond donors (Lipinski definition) is 1. The fraction of sp³-hybridized carbons (Fsp3) is 0.333. The fourth-order valence-corrected chi connectivity index (χ4v) is 2.47. The molecule has 2 aromatic rings. The molecule has 100 valence electrons. The van der Waals surface area contributed by atoms with Crippen LogP contribution in [0.1, 0.15) is 23.1 Å². The van der Waals surface area contributed by atoms with Gasteiger partial charge >= 0.3 is 0 Å². The molecule has 0 saturated heterocycles. The molecule has 0 spiro atoms. The van der Waals surface area contributed by atoms with Gasteiger partial charge in [-0.2, -0.15) is 0 Å². The molecular weight excluding hydrogens is 230 g/mol. The third-order valence-corrected chi connectivity index (χ3v) is 3.76. The molecule has 2 aromatic carbocycles. The average Bonchev–Trinajstić information content (AvgIpc) is 2.46. The quantitative estimate of drug-likeness (QED) is 0.826. The first-order chi connectivity index (χ1) is 9.29. The third-order valence-electron chi connectivity index (χ3n) is 3.76. The van der Waals surface area contributed by atoms with Gasteiger partial charge in [0.2, 0.25) is 0 Å². The van der Waals surface area contributed by atoms with Crippen LogP contribution < -0.4 is 5.32 Å². The number of benzene rings is 2. The molecule has 1 heteroatoms. The normalized spacial score (nSPS) is 12.3. The van der Waals surface area contributed by atoms with Crippen LogP contribution in [0.4, 0.5) is 0 Å². The lowest BCUT2D eigenvalue weighted by Gasteiger charge is -2.17. The average molecular weight is 253 g/mol. The van der Waals surface area contributed by atoms with Crippen molar-refractivity contribution >= 4 is 0 Å². The summed E-state index contributed by atoms with van der Waals surface area (Å²) in [6.07, 6.45) is 3.42. The molecule has 2 rings (SSSR count). The van der Waals surface area contributed by atoms with Crippen LogP contribution in [0.2, 0.25) is 0 Å². The van der Waals surface area contributed by atoms with Crippen LogP contribution in [0, 0.1) is 6.92 Å². The van der Waals surface area contributed by atoms with Gasteiger partial charge in [-0.15, -0.1) is 0 Å². The predicted molar refractivity (Wildman–Crippen MR) is 82.5 cm³/mol. The Hall–Kier alpha value is -1.60. The zero-order valence-electron chi connectivity index (χ0n) is 11.9. The standard InChI is InChI=1S/C18H23N/c1-15-8-6-7-11-17(15)12-13-18(19-2)14-16-9-4-3-5-10-16/h3-11,18-19H,12-14H2,1-2H3. The van der Waals surface area contributed by atoms with Crippen LogP contribution in [0.5, 0.6) is 0 Å². The van der Waals surface area contributed by atoms with E-state index in [9.17, 15) is 0 Å². The molecule has 1 atom stereocenters. The summed E-state index contributed by atoms with van der Waals surface area (Å²) in [5.41, 5.74) is 4.28. The van der Waals surface area contributed by atoms with Gasteiger partial charge in [0.05, 0.1) is 0 Å². The first-order valence-electron chi connectivity index (χ1n) is 7.05. The number of likely N-dealkylation sites (N-methyl/N-ethyl adjacent to an activating group) is 1. The topological polar surface area (TPSA) is 12.0 Å². The Morgan fingerprint density at radius 1 is 0.947 bits per heavy atom. The molecule has 0 heterocycles. The molecular formula is C18H23N. The van der Waals surface area contributed by atoms with Crippen LogP contribution in [0.25, 0.3) is 0 Å². The summed E-state index contributed by atoms with van der Waals surface area (Å²) in [7, 11) is 2.06. The molecule has 1 nitrogen and oxygen atoms in total. The van der Waals surface area contributed by atoms with Crippen molar-refractivity contribution in [3.63, 3.8) is 0 Å². The third kappa shape index (κ3) is 4.22. The minimum atomic E-state index is 0.544. The van der Waals surface area contributed by atoms with Crippen LogP contribution >= 0.6 is 0 Å². The van der Waals surface area contributed by atoms with Crippen molar-refractivity contribution in [1.82, 2.24) is 5.32 Å². The lowest BCUT2D eigenvalue weighted by molar-refractivity contribution is 0.519. The molecule has 0 aliphatic rings. The largest absolute Gasteiger partial charge is 0.317 e. The van der Waals surface area contributed by atoms with Gasteiger partial charge in [-0.05, 0) is 49.9 Å². The van der Waals surface area contributed by atoms with E-state index in [1.165, 1.54) is 23.1 Å². The van der Waals surface area contributed by atoms with Gasteiger partial charge in [0.1, 0.15) is 0 Å². The molecule has 0 aliphatic heterocycles. The van der Waals surface area contributed by atoms with E-state index in [0.29, 0.717) is 6.04 Å². The SMILES string of the molecule is CNC(CCc1ccccc1C)Cc1ccccc1. The van der Waals surface area contributed by atoms with Crippen molar-refractivity contribution in [3.8, 4) is 0 Å². The second-order valence-corrected chi connectivity index (χ2v) is 5.14. The Kier molecular flexibility index (Phi) is 5.17. The van der Waals surface area contributed by atoms with Crippen molar-refractivity contribution in [1.29, 1.82) is 0 Å². The van der Waals surface area contributed by atoms with E-state index in [0.717, 1.165) is 12.8 Å². The minimum Gasteiger partial charge on any atom is -0.317 e. The molecule has 0 amide bonds. The molecule has 19 heavy (non-hydrogen) atoms.